The number of hydrogen-bond acceptors (Lipinski definition) is 5. The van der Waals surface area contributed by atoms with E-state index in [1.807, 2.05) is 47.4 Å². The summed E-state index contributed by atoms with van der Waals surface area (Å²) in [6.45, 7) is 1.55. The number of nitrogens with zero attached hydrogens (tertiary/aromatic N) is 3. The molecule has 1 fully saturated rings. The third-order valence-electron chi connectivity index (χ3n) is 4.66. The lowest BCUT2D eigenvalue weighted by atomic mass is 10.1. The van der Waals surface area contributed by atoms with Crippen molar-refractivity contribution >= 4 is 11.8 Å². The van der Waals surface area contributed by atoms with Crippen molar-refractivity contribution in [3.8, 4) is 11.4 Å². The minimum absolute atomic E-state index is 0.155. The number of likely N-dealkylation sites (tertiary alicyclic amines) is 1. The predicted molar refractivity (Wildman–Crippen MR) is 102 cm³/mol. The summed E-state index contributed by atoms with van der Waals surface area (Å²) in [7, 11) is 0. The highest BCUT2D eigenvalue weighted by Gasteiger charge is 2.20. The van der Waals surface area contributed by atoms with Crippen molar-refractivity contribution in [2.75, 3.05) is 6.54 Å². The molecule has 0 bridgehead atoms. The Kier molecular flexibility index (Phi) is 5.14. The van der Waals surface area contributed by atoms with E-state index in [-0.39, 0.29) is 18.4 Å². The molecule has 2 heterocycles. The molecule has 0 atom stereocenters. The van der Waals surface area contributed by atoms with Gasteiger partial charge >= 0.3 is 0 Å². The predicted octanol–water partition coefficient (Wildman–Crippen LogP) is 2.79. The normalized spacial score (nSPS) is 13.7. The number of amides is 2. The van der Waals surface area contributed by atoms with Gasteiger partial charge in [0.2, 0.25) is 17.6 Å². The molecule has 1 N–H and O–H groups in total. The third-order valence-corrected chi connectivity index (χ3v) is 4.66. The third kappa shape index (κ3) is 4.09. The number of aromatic nitrogens is 2. The van der Waals surface area contributed by atoms with Crippen LogP contribution in [0.15, 0.2) is 59.1 Å². The summed E-state index contributed by atoms with van der Waals surface area (Å²) in [5.74, 6) is 0.807. The van der Waals surface area contributed by atoms with Crippen molar-refractivity contribution in [2.24, 2.45) is 0 Å². The smallest absolute Gasteiger partial charge is 0.251 e. The highest BCUT2D eigenvalue weighted by atomic mass is 16.5. The van der Waals surface area contributed by atoms with Crippen molar-refractivity contribution in [1.82, 2.24) is 20.4 Å². The van der Waals surface area contributed by atoms with E-state index in [9.17, 15) is 9.59 Å². The van der Waals surface area contributed by atoms with Crippen LogP contribution in [0.4, 0.5) is 0 Å². The minimum atomic E-state index is -0.219. The SMILES string of the molecule is O=C(NCc1nc(-c2ccccc2)no1)c1ccc(CN2CCCC2=O)cc1. The molecule has 2 amide bonds. The Morgan fingerprint density at radius 3 is 2.61 bits per heavy atom. The molecule has 7 nitrogen and oxygen atoms in total. The highest BCUT2D eigenvalue weighted by molar-refractivity contribution is 5.94. The fourth-order valence-electron chi connectivity index (χ4n) is 3.14. The highest BCUT2D eigenvalue weighted by Crippen LogP contribution is 2.16. The minimum Gasteiger partial charge on any atom is -0.343 e. The molecule has 3 aromatic rings. The van der Waals surface area contributed by atoms with Gasteiger partial charge in [0.25, 0.3) is 5.91 Å². The second kappa shape index (κ2) is 8.04. The van der Waals surface area contributed by atoms with Crippen LogP contribution in [-0.4, -0.2) is 33.4 Å². The molecule has 142 valence electrons. The van der Waals surface area contributed by atoms with E-state index in [4.69, 9.17) is 4.52 Å². The van der Waals surface area contributed by atoms with Crippen LogP contribution in [-0.2, 0) is 17.9 Å². The van der Waals surface area contributed by atoms with Crippen LogP contribution < -0.4 is 5.32 Å². The van der Waals surface area contributed by atoms with Gasteiger partial charge in [-0.25, -0.2) is 0 Å². The van der Waals surface area contributed by atoms with Gasteiger partial charge in [0, 0.05) is 30.6 Å². The fourth-order valence-corrected chi connectivity index (χ4v) is 3.14. The number of rotatable bonds is 6. The molecule has 1 aliphatic heterocycles. The Morgan fingerprint density at radius 1 is 1.11 bits per heavy atom. The van der Waals surface area contributed by atoms with Crippen LogP contribution in [0.2, 0.25) is 0 Å². The van der Waals surface area contributed by atoms with Gasteiger partial charge in [0.1, 0.15) is 0 Å². The Bertz CT molecular complexity index is 967. The molecule has 1 aromatic heterocycles. The molecule has 28 heavy (non-hydrogen) atoms. The molecule has 0 radical (unpaired) electrons. The van der Waals surface area contributed by atoms with Gasteiger partial charge in [-0.3, -0.25) is 9.59 Å². The maximum Gasteiger partial charge on any atom is 0.251 e. The van der Waals surface area contributed by atoms with Crippen molar-refractivity contribution in [3.05, 3.63) is 71.6 Å². The van der Waals surface area contributed by atoms with Gasteiger partial charge in [-0.2, -0.15) is 4.98 Å². The van der Waals surface area contributed by atoms with Crippen LogP contribution in [0.25, 0.3) is 11.4 Å². The number of carbonyl (C=O) groups is 2. The van der Waals surface area contributed by atoms with Crippen LogP contribution in [0.1, 0.15) is 34.7 Å². The second-order valence-corrected chi connectivity index (χ2v) is 6.68. The molecular formula is C21H20N4O3. The summed E-state index contributed by atoms with van der Waals surface area (Å²) in [5, 5.41) is 6.71. The molecule has 7 heteroatoms. The lowest BCUT2D eigenvalue weighted by molar-refractivity contribution is -0.128. The van der Waals surface area contributed by atoms with Crippen LogP contribution >= 0.6 is 0 Å². The van der Waals surface area contributed by atoms with E-state index in [0.29, 0.717) is 30.2 Å². The summed E-state index contributed by atoms with van der Waals surface area (Å²) >= 11 is 0. The summed E-state index contributed by atoms with van der Waals surface area (Å²) in [6, 6.07) is 16.8. The van der Waals surface area contributed by atoms with Crippen molar-refractivity contribution in [2.45, 2.75) is 25.9 Å². The standard InChI is InChI=1S/C21H20N4O3/c26-19-7-4-12-25(19)14-15-8-10-17(11-9-15)21(27)22-13-18-23-20(24-28-18)16-5-2-1-3-6-16/h1-3,5-6,8-11H,4,7,12-14H2,(H,22,27). The number of benzene rings is 2. The Morgan fingerprint density at radius 2 is 1.89 bits per heavy atom. The number of hydrogen-bond donors (Lipinski definition) is 1. The summed E-state index contributed by atoms with van der Waals surface area (Å²) < 4.78 is 5.20. The van der Waals surface area contributed by atoms with E-state index in [0.717, 1.165) is 24.1 Å². The second-order valence-electron chi connectivity index (χ2n) is 6.68. The van der Waals surface area contributed by atoms with E-state index in [2.05, 4.69) is 15.5 Å². The molecule has 0 spiro atoms. The molecule has 4 rings (SSSR count). The molecular weight excluding hydrogens is 356 g/mol. The van der Waals surface area contributed by atoms with E-state index < -0.39 is 0 Å². The maximum atomic E-state index is 12.3. The van der Waals surface area contributed by atoms with Crippen molar-refractivity contribution in [3.63, 3.8) is 0 Å². The first-order valence-corrected chi connectivity index (χ1v) is 9.22. The first-order valence-electron chi connectivity index (χ1n) is 9.22. The first kappa shape index (κ1) is 17.9. The Labute approximate surface area is 162 Å². The lowest BCUT2D eigenvalue weighted by Crippen LogP contribution is -2.24. The topological polar surface area (TPSA) is 88.3 Å². The molecule has 0 unspecified atom stereocenters. The average Bonchev–Trinajstić information content (AvgIpc) is 3.37. The van der Waals surface area contributed by atoms with Gasteiger partial charge in [-0.15, -0.1) is 0 Å². The summed E-state index contributed by atoms with van der Waals surface area (Å²) in [4.78, 5) is 30.2. The zero-order chi connectivity index (χ0) is 19.3. The van der Waals surface area contributed by atoms with Crippen LogP contribution in [0.3, 0.4) is 0 Å². The fraction of sp³-hybridized carbons (Fsp3) is 0.238. The van der Waals surface area contributed by atoms with Gasteiger partial charge in [0.05, 0.1) is 6.54 Å². The van der Waals surface area contributed by atoms with Crippen molar-refractivity contribution < 1.29 is 14.1 Å². The number of carbonyl (C=O) groups excluding carboxylic acids is 2. The summed E-state index contributed by atoms with van der Waals surface area (Å²) in [6.07, 6.45) is 1.54. The van der Waals surface area contributed by atoms with Gasteiger partial charge in [0.15, 0.2) is 0 Å². The van der Waals surface area contributed by atoms with Crippen LogP contribution in [0.5, 0.6) is 0 Å². The van der Waals surface area contributed by atoms with Gasteiger partial charge < -0.3 is 14.7 Å². The summed E-state index contributed by atoms with van der Waals surface area (Å²) in [5.41, 5.74) is 2.41. The average molecular weight is 376 g/mol. The van der Waals surface area contributed by atoms with E-state index in [1.54, 1.807) is 12.1 Å². The van der Waals surface area contributed by atoms with E-state index >= 15 is 0 Å². The van der Waals surface area contributed by atoms with Crippen molar-refractivity contribution in [1.29, 1.82) is 0 Å². The molecule has 1 aliphatic rings. The molecule has 1 saturated heterocycles. The monoisotopic (exact) mass is 376 g/mol. The Balaban J connectivity index is 1.32. The number of nitrogens with one attached hydrogen (secondary N) is 1. The van der Waals surface area contributed by atoms with Crippen LogP contribution in [0, 0.1) is 0 Å². The zero-order valence-corrected chi connectivity index (χ0v) is 15.3. The maximum absolute atomic E-state index is 12.3. The molecule has 2 aromatic carbocycles. The quantitative estimate of drug-likeness (QED) is 0.715. The van der Waals surface area contributed by atoms with Gasteiger partial charge in [-0.05, 0) is 24.1 Å². The Hall–Kier alpha value is -3.48. The largest absolute Gasteiger partial charge is 0.343 e. The van der Waals surface area contributed by atoms with E-state index in [1.165, 1.54) is 0 Å². The van der Waals surface area contributed by atoms with Gasteiger partial charge in [-0.1, -0.05) is 47.6 Å². The lowest BCUT2D eigenvalue weighted by Gasteiger charge is -2.15. The first-order chi connectivity index (χ1) is 13.7. The molecule has 0 aliphatic carbocycles. The zero-order valence-electron chi connectivity index (χ0n) is 15.3. The molecule has 0 saturated carbocycles.